The van der Waals surface area contributed by atoms with Crippen molar-refractivity contribution in [2.75, 3.05) is 13.1 Å². The summed E-state index contributed by atoms with van der Waals surface area (Å²) < 4.78 is 0. The van der Waals surface area contributed by atoms with E-state index in [1.165, 1.54) is 0 Å². The largest absolute Gasteiger partial charge is 0.329 e. The molecule has 0 fully saturated rings. The van der Waals surface area contributed by atoms with Gasteiger partial charge in [-0.2, -0.15) is 0 Å². The summed E-state index contributed by atoms with van der Waals surface area (Å²) in [4.78, 5) is 2.52. The smallest absolute Gasteiger partial charge is 0.0218 e. The van der Waals surface area contributed by atoms with Gasteiger partial charge in [0.1, 0.15) is 0 Å². The van der Waals surface area contributed by atoms with Crippen LogP contribution in [-0.4, -0.2) is 30.1 Å². The highest BCUT2D eigenvalue weighted by Crippen LogP contribution is 2.11. The molecule has 1 unspecified atom stereocenters. The Hall–Kier alpha value is -0.0800. The molecule has 1 atom stereocenters. The maximum Gasteiger partial charge on any atom is 0.0218 e. The third-order valence-corrected chi connectivity index (χ3v) is 2.45. The summed E-state index contributed by atoms with van der Waals surface area (Å²) in [6.07, 6.45) is 1.15. The highest BCUT2D eigenvalue weighted by atomic mass is 15.2. The Balaban J connectivity index is 4.21. The summed E-state index contributed by atoms with van der Waals surface area (Å²) in [7, 11) is 0. The number of nitrogens with two attached hydrogens (primary N) is 1. The van der Waals surface area contributed by atoms with Crippen LogP contribution >= 0.6 is 0 Å². The van der Waals surface area contributed by atoms with Crippen molar-refractivity contribution in [3.8, 4) is 0 Å². The van der Waals surface area contributed by atoms with E-state index < -0.39 is 0 Å². The van der Waals surface area contributed by atoms with Gasteiger partial charge in [-0.05, 0) is 26.2 Å². The fourth-order valence-corrected chi connectivity index (χ4v) is 1.74. The molecule has 13 heavy (non-hydrogen) atoms. The van der Waals surface area contributed by atoms with E-state index in [2.05, 4.69) is 39.5 Å². The van der Waals surface area contributed by atoms with Crippen molar-refractivity contribution < 1.29 is 0 Å². The standard InChI is InChI=1S/C11H26N2/c1-6-11(7-12)13(10(4)5)8-9(2)3/h9-11H,6-8,12H2,1-5H3. The van der Waals surface area contributed by atoms with E-state index in [9.17, 15) is 0 Å². The third-order valence-electron chi connectivity index (χ3n) is 2.45. The minimum absolute atomic E-state index is 0.558. The van der Waals surface area contributed by atoms with E-state index in [0.717, 1.165) is 25.4 Å². The zero-order valence-electron chi connectivity index (χ0n) is 9.88. The molecular formula is C11H26N2. The van der Waals surface area contributed by atoms with Crippen LogP contribution in [0.3, 0.4) is 0 Å². The second-order valence-corrected chi connectivity index (χ2v) is 4.48. The Labute approximate surface area is 83.5 Å². The van der Waals surface area contributed by atoms with E-state index in [0.29, 0.717) is 12.1 Å². The van der Waals surface area contributed by atoms with E-state index in [1.807, 2.05) is 0 Å². The van der Waals surface area contributed by atoms with Gasteiger partial charge in [0, 0.05) is 25.2 Å². The van der Waals surface area contributed by atoms with Crippen molar-refractivity contribution in [3.63, 3.8) is 0 Å². The fraction of sp³-hybridized carbons (Fsp3) is 1.00. The molecule has 2 N–H and O–H groups in total. The molecular weight excluding hydrogens is 160 g/mol. The first-order chi connectivity index (χ1) is 6.02. The van der Waals surface area contributed by atoms with E-state index in [-0.39, 0.29) is 0 Å². The first-order valence-corrected chi connectivity index (χ1v) is 5.48. The molecule has 0 aromatic carbocycles. The molecule has 2 nitrogen and oxygen atoms in total. The Bertz CT molecular complexity index is 117. The van der Waals surface area contributed by atoms with Gasteiger partial charge in [0.25, 0.3) is 0 Å². The van der Waals surface area contributed by atoms with Gasteiger partial charge in [-0.1, -0.05) is 20.8 Å². The molecule has 0 spiro atoms. The predicted octanol–water partition coefficient (Wildman–Crippen LogP) is 2.09. The van der Waals surface area contributed by atoms with Crippen LogP contribution in [0.1, 0.15) is 41.0 Å². The maximum atomic E-state index is 5.76. The summed E-state index contributed by atoms with van der Waals surface area (Å²) in [5.74, 6) is 0.725. The summed E-state index contributed by atoms with van der Waals surface area (Å²) in [5.41, 5.74) is 5.76. The Morgan fingerprint density at radius 1 is 1.15 bits per heavy atom. The minimum atomic E-state index is 0.558. The topological polar surface area (TPSA) is 29.3 Å². The highest BCUT2D eigenvalue weighted by molar-refractivity contribution is 4.75. The van der Waals surface area contributed by atoms with Crippen LogP contribution in [0.2, 0.25) is 0 Å². The van der Waals surface area contributed by atoms with Gasteiger partial charge in [-0.3, -0.25) is 4.90 Å². The highest BCUT2D eigenvalue weighted by Gasteiger charge is 2.18. The van der Waals surface area contributed by atoms with Gasteiger partial charge < -0.3 is 5.73 Å². The molecule has 0 saturated heterocycles. The van der Waals surface area contributed by atoms with Crippen LogP contribution in [0.25, 0.3) is 0 Å². The molecule has 0 rings (SSSR count). The van der Waals surface area contributed by atoms with E-state index in [1.54, 1.807) is 0 Å². The van der Waals surface area contributed by atoms with Crippen LogP contribution < -0.4 is 5.73 Å². The molecule has 0 bridgehead atoms. The van der Waals surface area contributed by atoms with Crippen LogP contribution in [0.15, 0.2) is 0 Å². The lowest BCUT2D eigenvalue weighted by Crippen LogP contribution is -2.46. The van der Waals surface area contributed by atoms with Crippen molar-refractivity contribution in [3.05, 3.63) is 0 Å². The molecule has 0 radical (unpaired) electrons. The summed E-state index contributed by atoms with van der Waals surface area (Å²) in [5, 5.41) is 0. The monoisotopic (exact) mass is 186 g/mol. The van der Waals surface area contributed by atoms with Crippen molar-refractivity contribution >= 4 is 0 Å². The molecule has 0 aliphatic heterocycles. The fourth-order valence-electron chi connectivity index (χ4n) is 1.74. The molecule has 80 valence electrons. The SMILES string of the molecule is CCC(CN)N(CC(C)C)C(C)C. The normalized spacial score (nSPS) is 14.5. The summed E-state index contributed by atoms with van der Waals surface area (Å²) >= 11 is 0. The number of nitrogens with zero attached hydrogens (tertiary/aromatic N) is 1. The zero-order chi connectivity index (χ0) is 10.4. The Kier molecular flexibility index (Phi) is 6.35. The Morgan fingerprint density at radius 3 is 1.92 bits per heavy atom. The quantitative estimate of drug-likeness (QED) is 0.688. The second-order valence-electron chi connectivity index (χ2n) is 4.48. The molecule has 0 aliphatic carbocycles. The molecule has 2 heteroatoms. The second kappa shape index (κ2) is 6.39. The average Bonchev–Trinajstić information content (AvgIpc) is 2.04. The Morgan fingerprint density at radius 2 is 1.69 bits per heavy atom. The predicted molar refractivity (Wildman–Crippen MR) is 59.8 cm³/mol. The minimum Gasteiger partial charge on any atom is -0.329 e. The van der Waals surface area contributed by atoms with Gasteiger partial charge in [0.2, 0.25) is 0 Å². The first-order valence-electron chi connectivity index (χ1n) is 5.48. The number of rotatable bonds is 6. The van der Waals surface area contributed by atoms with Crippen molar-refractivity contribution in [1.82, 2.24) is 4.90 Å². The van der Waals surface area contributed by atoms with Crippen molar-refractivity contribution in [2.45, 2.75) is 53.1 Å². The zero-order valence-corrected chi connectivity index (χ0v) is 9.88. The van der Waals surface area contributed by atoms with E-state index >= 15 is 0 Å². The van der Waals surface area contributed by atoms with Crippen LogP contribution in [0, 0.1) is 5.92 Å². The maximum absolute atomic E-state index is 5.76. The lowest BCUT2D eigenvalue weighted by Gasteiger charge is -2.35. The van der Waals surface area contributed by atoms with E-state index in [4.69, 9.17) is 5.73 Å². The molecule has 0 aromatic rings. The van der Waals surface area contributed by atoms with Crippen molar-refractivity contribution in [1.29, 1.82) is 0 Å². The molecule has 0 heterocycles. The summed E-state index contributed by atoms with van der Waals surface area (Å²) in [6.45, 7) is 13.2. The van der Waals surface area contributed by atoms with Gasteiger partial charge in [0.15, 0.2) is 0 Å². The molecule has 0 aliphatic rings. The lowest BCUT2D eigenvalue weighted by atomic mass is 10.1. The van der Waals surface area contributed by atoms with Crippen molar-refractivity contribution in [2.24, 2.45) is 11.7 Å². The third kappa shape index (κ3) is 4.63. The number of hydrogen-bond donors (Lipinski definition) is 1. The van der Waals surface area contributed by atoms with Crippen LogP contribution in [0.5, 0.6) is 0 Å². The molecule has 0 aromatic heterocycles. The molecule has 0 amide bonds. The van der Waals surface area contributed by atoms with Crippen LogP contribution in [-0.2, 0) is 0 Å². The number of hydrogen-bond acceptors (Lipinski definition) is 2. The van der Waals surface area contributed by atoms with Gasteiger partial charge in [-0.15, -0.1) is 0 Å². The first kappa shape index (κ1) is 12.9. The summed E-state index contributed by atoms with van der Waals surface area (Å²) in [6, 6.07) is 1.17. The van der Waals surface area contributed by atoms with Crippen LogP contribution in [0.4, 0.5) is 0 Å². The van der Waals surface area contributed by atoms with Gasteiger partial charge in [0.05, 0.1) is 0 Å². The lowest BCUT2D eigenvalue weighted by molar-refractivity contribution is 0.135. The van der Waals surface area contributed by atoms with Gasteiger partial charge in [-0.25, -0.2) is 0 Å². The average molecular weight is 186 g/mol. The molecule has 0 saturated carbocycles. The van der Waals surface area contributed by atoms with Gasteiger partial charge >= 0.3 is 0 Å².